The fraction of sp³-hybridized carbons (Fsp3) is 0.296. The average Bonchev–Trinajstić information content (AvgIpc) is 3.36. The minimum absolute atomic E-state index is 0.0759. The molecular weight excluding hydrogens is 481 g/mol. The summed E-state index contributed by atoms with van der Waals surface area (Å²) in [6.07, 6.45) is 0.503. The van der Waals surface area contributed by atoms with Gasteiger partial charge < -0.3 is 16.0 Å². The Balaban J connectivity index is 1.41. The molecule has 3 heterocycles. The molecule has 0 bridgehead atoms. The van der Waals surface area contributed by atoms with Crippen molar-refractivity contribution in [1.29, 1.82) is 0 Å². The lowest BCUT2D eigenvalue weighted by Gasteiger charge is -2.29. The molecular formula is C27H27F3N6O. The van der Waals surface area contributed by atoms with E-state index in [1.807, 2.05) is 25.1 Å². The molecule has 0 saturated carbocycles. The Bertz CT molecular complexity index is 1410. The van der Waals surface area contributed by atoms with E-state index >= 15 is 0 Å². The Labute approximate surface area is 211 Å². The van der Waals surface area contributed by atoms with Crippen LogP contribution in [0, 0.1) is 5.92 Å². The SMILES string of the molecule is CC(c1cc(NC(=O)c2cccnc2Nc2ccc3cn[nH]c3c2)cc(C(F)(F)F)c1)C1CCNCC1. The zero-order chi connectivity index (χ0) is 26.0. The molecule has 1 saturated heterocycles. The first-order chi connectivity index (χ1) is 17.8. The number of aromatic nitrogens is 3. The minimum atomic E-state index is -4.53. The molecule has 2 aromatic heterocycles. The van der Waals surface area contributed by atoms with Crippen molar-refractivity contribution in [2.45, 2.75) is 31.9 Å². The van der Waals surface area contributed by atoms with Crippen molar-refractivity contribution in [3.05, 3.63) is 77.6 Å². The van der Waals surface area contributed by atoms with Gasteiger partial charge in [-0.2, -0.15) is 18.3 Å². The first kappa shape index (κ1) is 24.8. The molecule has 10 heteroatoms. The van der Waals surface area contributed by atoms with Gasteiger partial charge in [-0.1, -0.05) is 6.92 Å². The predicted molar refractivity (Wildman–Crippen MR) is 137 cm³/mol. The summed E-state index contributed by atoms with van der Waals surface area (Å²) in [6, 6.07) is 12.5. The zero-order valence-electron chi connectivity index (χ0n) is 20.2. The van der Waals surface area contributed by atoms with Crippen molar-refractivity contribution in [1.82, 2.24) is 20.5 Å². The van der Waals surface area contributed by atoms with Gasteiger partial charge in [-0.3, -0.25) is 9.89 Å². The van der Waals surface area contributed by atoms with Crippen LogP contribution in [0.4, 0.5) is 30.4 Å². The van der Waals surface area contributed by atoms with E-state index < -0.39 is 17.6 Å². The Hall–Kier alpha value is -3.92. The lowest BCUT2D eigenvalue weighted by molar-refractivity contribution is -0.137. The van der Waals surface area contributed by atoms with E-state index in [1.54, 1.807) is 24.4 Å². The summed E-state index contributed by atoms with van der Waals surface area (Å²) in [4.78, 5) is 17.5. The first-order valence-electron chi connectivity index (χ1n) is 12.2. The standard InChI is InChI=1S/C27H27F3N6O/c1-16(17-6-9-31-10-7-17)19-11-20(27(28,29)30)13-22(12-19)35-26(37)23-3-2-8-32-25(23)34-21-5-4-18-15-33-36-24(18)14-21/h2-5,8,11-17,31H,6-7,9-10H2,1H3,(H,32,34)(H,33,36)(H,35,37). The minimum Gasteiger partial charge on any atom is -0.340 e. The molecule has 0 spiro atoms. The monoisotopic (exact) mass is 508 g/mol. The smallest absolute Gasteiger partial charge is 0.340 e. The molecule has 5 rings (SSSR count). The molecule has 7 nitrogen and oxygen atoms in total. The second kappa shape index (κ2) is 10.2. The fourth-order valence-corrected chi connectivity index (χ4v) is 4.80. The number of aromatic amines is 1. The van der Waals surface area contributed by atoms with Crippen LogP contribution in [0.15, 0.2) is 60.9 Å². The van der Waals surface area contributed by atoms with E-state index in [9.17, 15) is 18.0 Å². The van der Waals surface area contributed by atoms with Crippen LogP contribution in [-0.4, -0.2) is 34.2 Å². The van der Waals surface area contributed by atoms with Crippen LogP contribution >= 0.6 is 0 Å². The van der Waals surface area contributed by atoms with Crippen molar-refractivity contribution in [2.24, 2.45) is 5.92 Å². The van der Waals surface area contributed by atoms with E-state index in [0.29, 0.717) is 11.3 Å². The molecule has 1 amide bonds. The number of carbonyl (C=O) groups excluding carboxylic acids is 1. The summed E-state index contributed by atoms with van der Waals surface area (Å²) in [5.74, 6) is -0.0742. The normalized spacial score (nSPS) is 15.5. The van der Waals surface area contributed by atoms with Gasteiger partial charge in [0.15, 0.2) is 0 Å². The van der Waals surface area contributed by atoms with Crippen molar-refractivity contribution in [3.63, 3.8) is 0 Å². The van der Waals surface area contributed by atoms with E-state index in [1.165, 1.54) is 12.3 Å². The van der Waals surface area contributed by atoms with Crippen molar-refractivity contribution in [3.8, 4) is 0 Å². The topological polar surface area (TPSA) is 94.7 Å². The van der Waals surface area contributed by atoms with Gasteiger partial charge >= 0.3 is 6.18 Å². The largest absolute Gasteiger partial charge is 0.416 e. The van der Waals surface area contributed by atoms with Crippen molar-refractivity contribution in [2.75, 3.05) is 23.7 Å². The molecule has 4 aromatic rings. The fourth-order valence-electron chi connectivity index (χ4n) is 4.80. The molecule has 0 aliphatic carbocycles. The number of pyridine rings is 1. The number of hydrogen-bond acceptors (Lipinski definition) is 5. The third-order valence-corrected chi connectivity index (χ3v) is 6.91. The number of piperidine rings is 1. The van der Waals surface area contributed by atoms with Crippen LogP contribution < -0.4 is 16.0 Å². The molecule has 0 radical (unpaired) electrons. The van der Waals surface area contributed by atoms with E-state index in [2.05, 4.69) is 31.1 Å². The van der Waals surface area contributed by atoms with Gasteiger partial charge in [0.25, 0.3) is 5.91 Å². The van der Waals surface area contributed by atoms with Crippen LogP contribution in [-0.2, 0) is 6.18 Å². The highest BCUT2D eigenvalue weighted by atomic mass is 19.4. The maximum Gasteiger partial charge on any atom is 0.416 e. The van der Waals surface area contributed by atoms with Gasteiger partial charge in [-0.25, -0.2) is 4.98 Å². The number of fused-ring (bicyclic) bond motifs is 1. The predicted octanol–water partition coefficient (Wildman–Crippen LogP) is 6.08. The highest BCUT2D eigenvalue weighted by Crippen LogP contribution is 2.37. The molecule has 2 aromatic carbocycles. The summed E-state index contributed by atoms with van der Waals surface area (Å²) < 4.78 is 41.3. The summed E-state index contributed by atoms with van der Waals surface area (Å²) in [5.41, 5.74) is 1.59. The van der Waals surface area contributed by atoms with Crippen molar-refractivity contribution >= 4 is 34.0 Å². The van der Waals surface area contributed by atoms with Gasteiger partial charge in [-0.05, 0) is 91.9 Å². The summed E-state index contributed by atoms with van der Waals surface area (Å²) in [5, 5.41) is 16.9. The lowest BCUT2D eigenvalue weighted by atomic mass is 9.81. The Morgan fingerprint density at radius 1 is 1.08 bits per heavy atom. The van der Waals surface area contributed by atoms with Crippen LogP contribution in [0.2, 0.25) is 0 Å². The summed E-state index contributed by atoms with van der Waals surface area (Å²) in [7, 11) is 0. The number of nitrogens with one attached hydrogen (secondary N) is 4. The molecule has 1 fully saturated rings. The maximum atomic E-state index is 13.8. The Morgan fingerprint density at radius 3 is 2.68 bits per heavy atom. The molecule has 1 aliphatic heterocycles. The highest BCUT2D eigenvalue weighted by molar-refractivity contribution is 6.08. The number of rotatable bonds is 6. The molecule has 1 aliphatic rings. The lowest BCUT2D eigenvalue weighted by Crippen LogP contribution is -2.30. The van der Waals surface area contributed by atoms with Gasteiger partial charge in [0.2, 0.25) is 0 Å². The maximum absolute atomic E-state index is 13.8. The Kier molecular flexibility index (Phi) is 6.84. The third-order valence-electron chi connectivity index (χ3n) is 6.91. The average molecular weight is 509 g/mol. The van der Waals surface area contributed by atoms with Gasteiger partial charge in [0.05, 0.1) is 22.8 Å². The summed E-state index contributed by atoms with van der Waals surface area (Å²) in [6.45, 7) is 3.65. The number of nitrogens with zero attached hydrogens (tertiary/aromatic N) is 2. The van der Waals surface area contributed by atoms with E-state index in [-0.39, 0.29) is 28.9 Å². The highest BCUT2D eigenvalue weighted by Gasteiger charge is 2.33. The Morgan fingerprint density at radius 2 is 1.89 bits per heavy atom. The van der Waals surface area contributed by atoms with Crippen LogP contribution in [0.1, 0.15) is 47.2 Å². The molecule has 4 N–H and O–H groups in total. The number of benzene rings is 2. The number of hydrogen-bond donors (Lipinski definition) is 4. The molecule has 37 heavy (non-hydrogen) atoms. The van der Waals surface area contributed by atoms with E-state index in [4.69, 9.17) is 0 Å². The second-order valence-electron chi connectivity index (χ2n) is 9.37. The number of carbonyl (C=O) groups is 1. The van der Waals surface area contributed by atoms with Gasteiger partial charge in [0, 0.05) is 23.0 Å². The third kappa shape index (κ3) is 5.59. The first-order valence-corrected chi connectivity index (χ1v) is 12.2. The quantitative estimate of drug-likeness (QED) is 0.253. The number of alkyl halides is 3. The number of amides is 1. The molecule has 192 valence electrons. The van der Waals surface area contributed by atoms with Crippen LogP contribution in [0.3, 0.4) is 0 Å². The van der Waals surface area contributed by atoms with Crippen LogP contribution in [0.25, 0.3) is 10.9 Å². The number of H-pyrrole nitrogens is 1. The molecule has 1 atom stereocenters. The summed E-state index contributed by atoms with van der Waals surface area (Å²) >= 11 is 0. The van der Waals surface area contributed by atoms with Crippen LogP contribution in [0.5, 0.6) is 0 Å². The van der Waals surface area contributed by atoms with Gasteiger partial charge in [-0.15, -0.1) is 0 Å². The second-order valence-corrected chi connectivity index (χ2v) is 9.37. The number of halogens is 3. The van der Waals surface area contributed by atoms with Crippen molar-refractivity contribution < 1.29 is 18.0 Å². The molecule has 1 unspecified atom stereocenters. The zero-order valence-corrected chi connectivity index (χ0v) is 20.2. The number of anilines is 3. The van der Waals surface area contributed by atoms with Gasteiger partial charge in [0.1, 0.15) is 5.82 Å². The van der Waals surface area contributed by atoms with E-state index in [0.717, 1.165) is 42.9 Å².